The Morgan fingerprint density at radius 1 is 1.22 bits per heavy atom. The van der Waals surface area contributed by atoms with Gasteiger partial charge in [-0.3, -0.25) is 0 Å². The largest absolute Gasteiger partial charge is 0.380 e. The fourth-order valence-corrected chi connectivity index (χ4v) is 1.77. The molecule has 0 fully saturated rings. The van der Waals surface area contributed by atoms with E-state index < -0.39 is 0 Å². The summed E-state index contributed by atoms with van der Waals surface area (Å²) in [6.45, 7) is 0.322. The zero-order chi connectivity index (χ0) is 13.0. The van der Waals surface area contributed by atoms with E-state index in [9.17, 15) is 4.39 Å². The van der Waals surface area contributed by atoms with Gasteiger partial charge in [-0.15, -0.1) is 0 Å². The first-order valence-electron chi connectivity index (χ1n) is 5.37. The molecule has 0 unspecified atom stereocenters. The second-order valence-electron chi connectivity index (χ2n) is 3.75. The predicted molar refractivity (Wildman–Crippen MR) is 69.9 cm³/mol. The van der Waals surface area contributed by atoms with E-state index in [4.69, 9.17) is 16.9 Å². The Morgan fingerprint density at radius 2 is 2.00 bits per heavy atom. The van der Waals surface area contributed by atoms with Gasteiger partial charge in [0, 0.05) is 17.1 Å². The lowest BCUT2D eigenvalue weighted by Gasteiger charge is -2.09. The zero-order valence-electron chi connectivity index (χ0n) is 9.45. The van der Waals surface area contributed by atoms with Crippen molar-refractivity contribution in [1.29, 1.82) is 5.26 Å². The molecule has 0 amide bonds. The smallest absolute Gasteiger partial charge is 0.128 e. The van der Waals surface area contributed by atoms with Crippen molar-refractivity contribution in [2.24, 2.45) is 0 Å². The summed E-state index contributed by atoms with van der Waals surface area (Å²) >= 11 is 5.80. The normalized spacial score (nSPS) is 9.83. The van der Waals surface area contributed by atoms with Crippen molar-refractivity contribution in [1.82, 2.24) is 0 Å². The van der Waals surface area contributed by atoms with Crippen LogP contribution in [-0.2, 0) is 6.54 Å². The van der Waals surface area contributed by atoms with Crippen LogP contribution in [-0.4, -0.2) is 0 Å². The highest BCUT2D eigenvalue weighted by molar-refractivity contribution is 6.30. The van der Waals surface area contributed by atoms with Gasteiger partial charge in [-0.1, -0.05) is 29.8 Å². The highest BCUT2D eigenvalue weighted by Crippen LogP contribution is 2.20. The SMILES string of the molecule is N#Cc1cc(Cl)ccc1NCc1ccccc1F. The van der Waals surface area contributed by atoms with Crippen LogP contribution in [0.5, 0.6) is 0 Å². The third kappa shape index (κ3) is 2.79. The van der Waals surface area contributed by atoms with Crippen molar-refractivity contribution >= 4 is 17.3 Å². The van der Waals surface area contributed by atoms with Crippen LogP contribution in [0.1, 0.15) is 11.1 Å². The first-order valence-corrected chi connectivity index (χ1v) is 5.75. The third-order valence-corrected chi connectivity index (χ3v) is 2.76. The van der Waals surface area contributed by atoms with Gasteiger partial charge in [-0.25, -0.2) is 4.39 Å². The lowest BCUT2D eigenvalue weighted by Crippen LogP contribution is -2.03. The average molecular weight is 261 g/mol. The highest BCUT2D eigenvalue weighted by atomic mass is 35.5. The lowest BCUT2D eigenvalue weighted by molar-refractivity contribution is 0.613. The summed E-state index contributed by atoms with van der Waals surface area (Å²) in [6.07, 6.45) is 0. The molecule has 2 rings (SSSR count). The fourth-order valence-electron chi connectivity index (χ4n) is 1.60. The van der Waals surface area contributed by atoms with Crippen LogP contribution in [0.4, 0.5) is 10.1 Å². The molecule has 2 aromatic carbocycles. The Kier molecular flexibility index (Phi) is 3.81. The quantitative estimate of drug-likeness (QED) is 0.907. The predicted octanol–water partition coefficient (Wildman–Crippen LogP) is 3.96. The molecule has 0 bridgehead atoms. The van der Waals surface area contributed by atoms with Gasteiger partial charge in [0.25, 0.3) is 0 Å². The molecular formula is C14H10ClFN2. The van der Waals surface area contributed by atoms with Crippen molar-refractivity contribution in [3.63, 3.8) is 0 Å². The van der Waals surface area contributed by atoms with E-state index in [0.29, 0.717) is 28.4 Å². The van der Waals surface area contributed by atoms with E-state index in [2.05, 4.69) is 5.32 Å². The molecule has 0 saturated heterocycles. The minimum atomic E-state index is -0.266. The van der Waals surface area contributed by atoms with Gasteiger partial charge in [0.05, 0.1) is 11.3 Å². The molecule has 0 aromatic heterocycles. The minimum absolute atomic E-state index is 0.266. The van der Waals surface area contributed by atoms with Crippen molar-refractivity contribution < 1.29 is 4.39 Å². The third-order valence-electron chi connectivity index (χ3n) is 2.53. The standard InChI is InChI=1S/C14H10ClFN2/c15-12-5-6-14(11(7-12)8-17)18-9-10-3-1-2-4-13(10)16/h1-7,18H,9H2. The summed E-state index contributed by atoms with van der Waals surface area (Å²) in [5.41, 5.74) is 1.64. The van der Waals surface area contributed by atoms with Crippen molar-refractivity contribution in [3.05, 3.63) is 64.4 Å². The molecule has 0 aliphatic heterocycles. The maximum atomic E-state index is 13.4. The van der Waals surface area contributed by atoms with E-state index in [1.165, 1.54) is 6.07 Å². The van der Waals surface area contributed by atoms with Gasteiger partial charge < -0.3 is 5.32 Å². The fraction of sp³-hybridized carbons (Fsp3) is 0.0714. The Morgan fingerprint density at radius 3 is 2.72 bits per heavy atom. The van der Waals surface area contributed by atoms with Crippen LogP contribution in [0.15, 0.2) is 42.5 Å². The molecule has 0 atom stereocenters. The van der Waals surface area contributed by atoms with Crippen LogP contribution in [0.2, 0.25) is 5.02 Å². The molecule has 90 valence electrons. The van der Waals surface area contributed by atoms with E-state index in [0.717, 1.165) is 0 Å². The average Bonchev–Trinajstić information content (AvgIpc) is 2.39. The molecule has 2 nitrogen and oxygen atoms in total. The second kappa shape index (κ2) is 5.52. The number of nitrogens with one attached hydrogen (secondary N) is 1. The molecule has 4 heteroatoms. The summed E-state index contributed by atoms with van der Waals surface area (Å²) < 4.78 is 13.4. The molecule has 2 aromatic rings. The number of rotatable bonds is 3. The Balaban J connectivity index is 2.16. The maximum Gasteiger partial charge on any atom is 0.128 e. The molecule has 0 aliphatic carbocycles. The summed E-state index contributed by atoms with van der Waals surface area (Å²) in [5.74, 6) is -0.266. The number of nitriles is 1. The number of halogens is 2. The first-order chi connectivity index (χ1) is 8.70. The van der Waals surface area contributed by atoms with Crippen LogP contribution in [0.3, 0.4) is 0 Å². The van der Waals surface area contributed by atoms with Crippen molar-refractivity contribution in [2.45, 2.75) is 6.54 Å². The minimum Gasteiger partial charge on any atom is -0.380 e. The summed E-state index contributed by atoms with van der Waals surface area (Å²) in [7, 11) is 0. The number of hydrogen-bond acceptors (Lipinski definition) is 2. The Labute approximate surface area is 110 Å². The van der Waals surface area contributed by atoms with Crippen LogP contribution in [0.25, 0.3) is 0 Å². The maximum absolute atomic E-state index is 13.4. The monoisotopic (exact) mass is 260 g/mol. The molecule has 0 spiro atoms. The van der Waals surface area contributed by atoms with Gasteiger partial charge in [0.2, 0.25) is 0 Å². The number of benzene rings is 2. The van der Waals surface area contributed by atoms with Gasteiger partial charge in [0.1, 0.15) is 11.9 Å². The van der Waals surface area contributed by atoms with E-state index in [1.807, 2.05) is 6.07 Å². The summed E-state index contributed by atoms with van der Waals surface area (Å²) in [6, 6.07) is 13.5. The van der Waals surface area contributed by atoms with Gasteiger partial charge in [-0.2, -0.15) is 5.26 Å². The molecular weight excluding hydrogens is 251 g/mol. The Bertz CT molecular complexity index is 605. The molecule has 1 N–H and O–H groups in total. The topological polar surface area (TPSA) is 35.8 Å². The molecule has 0 heterocycles. The Hall–Kier alpha value is -2.05. The highest BCUT2D eigenvalue weighted by Gasteiger charge is 2.04. The molecule has 0 radical (unpaired) electrons. The van der Waals surface area contributed by atoms with Gasteiger partial charge >= 0.3 is 0 Å². The van der Waals surface area contributed by atoms with E-state index in [-0.39, 0.29) is 5.82 Å². The van der Waals surface area contributed by atoms with Gasteiger partial charge in [0.15, 0.2) is 0 Å². The van der Waals surface area contributed by atoms with E-state index >= 15 is 0 Å². The van der Waals surface area contributed by atoms with Crippen LogP contribution in [0, 0.1) is 17.1 Å². The van der Waals surface area contributed by atoms with Gasteiger partial charge in [-0.05, 0) is 24.3 Å². The van der Waals surface area contributed by atoms with Crippen LogP contribution >= 0.6 is 11.6 Å². The number of anilines is 1. The van der Waals surface area contributed by atoms with Crippen LogP contribution < -0.4 is 5.32 Å². The van der Waals surface area contributed by atoms with Crippen molar-refractivity contribution in [3.8, 4) is 6.07 Å². The summed E-state index contributed by atoms with van der Waals surface area (Å²) in [5, 5.41) is 12.5. The molecule has 0 aliphatic rings. The zero-order valence-corrected chi connectivity index (χ0v) is 10.2. The first kappa shape index (κ1) is 12.4. The number of nitrogens with zero attached hydrogens (tertiary/aromatic N) is 1. The van der Waals surface area contributed by atoms with E-state index in [1.54, 1.807) is 36.4 Å². The summed E-state index contributed by atoms with van der Waals surface area (Å²) in [4.78, 5) is 0. The number of hydrogen-bond donors (Lipinski definition) is 1. The van der Waals surface area contributed by atoms with Crippen molar-refractivity contribution in [2.75, 3.05) is 5.32 Å². The molecule has 18 heavy (non-hydrogen) atoms. The molecule has 0 saturated carbocycles. The lowest BCUT2D eigenvalue weighted by atomic mass is 10.1. The second-order valence-corrected chi connectivity index (χ2v) is 4.18.